The molecule has 0 saturated carbocycles. The Hall–Kier alpha value is -3.22. The van der Waals surface area contributed by atoms with Crippen LogP contribution in [0.25, 0.3) is 0 Å². The lowest BCUT2D eigenvalue weighted by Gasteiger charge is -2.11. The average molecular weight is 342 g/mol. The van der Waals surface area contributed by atoms with Crippen molar-refractivity contribution in [3.63, 3.8) is 0 Å². The molecule has 0 fully saturated rings. The monoisotopic (exact) mass is 342 g/mol. The SMILES string of the molecule is CCOc1ccccc1NC(=O)C(=O)NCc1ccc2c(c1)OCO2. The highest BCUT2D eigenvalue weighted by Gasteiger charge is 2.17. The second kappa shape index (κ2) is 7.57. The minimum absolute atomic E-state index is 0.187. The summed E-state index contributed by atoms with van der Waals surface area (Å²) in [4.78, 5) is 24.1. The molecule has 0 unspecified atom stereocenters. The molecule has 7 nitrogen and oxygen atoms in total. The van der Waals surface area contributed by atoms with Gasteiger partial charge in [0.2, 0.25) is 6.79 Å². The molecule has 0 aromatic heterocycles. The van der Waals surface area contributed by atoms with Crippen molar-refractivity contribution in [3.05, 3.63) is 48.0 Å². The van der Waals surface area contributed by atoms with Crippen LogP contribution in [0.15, 0.2) is 42.5 Å². The third-order valence-corrected chi connectivity index (χ3v) is 3.53. The van der Waals surface area contributed by atoms with Gasteiger partial charge in [0.15, 0.2) is 11.5 Å². The standard InChI is InChI=1S/C18H18N2O5/c1-2-23-14-6-4-3-5-13(14)20-18(22)17(21)19-10-12-7-8-15-16(9-12)25-11-24-15/h3-9H,2,10-11H2,1H3,(H,19,21)(H,20,22). The second-order valence-electron chi connectivity index (χ2n) is 5.25. The number of ether oxygens (including phenoxy) is 3. The minimum Gasteiger partial charge on any atom is -0.492 e. The van der Waals surface area contributed by atoms with Crippen molar-refractivity contribution >= 4 is 17.5 Å². The fourth-order valence-corrected chi connectivity index (χ4v) is 2.34. The van der Waals surface area contributed by atoms with Gasteiger partial charge in [0.05, 0.1) is 12.3 Å². The Morgan fingerprint density at radius 2 is 1.88 bits per heavy atom. The Balaban J connectivity index is 1.57. The van der Waals surface area contributed by atoms with Crippen LogP contribution in [0.2, 0.25) is 0 Å². The van der Waals surface area contributed by atoms with Crippen LogP contribution in [0, 0.1) is 0 Å². The van der Waals surface area contributed by atoms with Crippen molar-refractivity contribution < 1.29 is 23.8 Å². The van der Waals surface area contributed by atoms with Crippen molar-refractivity contribution in [2.75, 3.05) is 18.7 Å². The van der Waals surface area contributed by atoms with E-state index in [4.69, 9.17) is 14.2 Å². The zero-order chi connectivity index (χ0) is 17.6. The maximum atomic E-state index is 12.1. The number of carbonyl (C=O) groups excluding carboxylic acids is 2. The molecular formula is C18H18N2O5. The second-order valence-corrected chi connectivity index (χ2v) is 5.25. The van der Waals surface area contributed by atoms with Crippen LogP contribution in [-0.4, -0.2) is 25.2 Å². The Morgan fingerprint density at radius 3 is 2.72 bits per heavy atom. The summed E-state index contributed by atoms with van der Waals surface area (Å²) in [7, 11) is 0. The van der Waals surface area contributed by atoms with Crippen LogP contribution < -0.4 is 24.8 Å². The van der Waals surface area contributed by atoms with E-state index >= 15 is 0 Å². The van der Waals surface area contributed by atoms with Gasteiger partial charge < -0.3 is 24.8 Å². The predicted octanol–water partition coefficient (Wildman–Crippen LogP) is 2.07. The van der Waals surface area contributed by atoms with E-state index in [-0.39, 0.29) is 13.3 Å². The minimum atomic E-state index is -0.757. The summed E-state index contributed by atoms with van der Waals surface area (Å²) in [5.74, 6) is 0.320. The number of hydrogen-bond acceptors (Lipinski definition) is 5. The van der Waals surface area contributed by atoms with Crippen LogP contribution in [0.4, 0.5) is 5.69 Å². The quantitative estimate of drug-likeness (QED) is 0.813. The first-order valence-electron chi connectivity index (χ1n) is 7.87. The van der Waals surface area contributed by atoms with Crippen molar-refractivity contribution in [3.8, 4) is 17.2 Å². The fraction of sp³-hybridized carbons (Fsp3) is 0.222. The fourth-order valence-electron chi connectivity index (χ4n) is 2.34. The number of hydrogen-bond donors (Lipinski definition) is 2. The molecular weight excluding hydrogens is 324 g/mol. The van der Waals surface area contributed by atoms with Gasteiger partial charge in [-0.3, -0.25) is 9.59 Å². The van der Waals surface area contributed by atoms with Crippen LogP contribution >= 0.6 is 0 Å². The summed E-state index contributed by atoms with van der Waals surface area (Å²) < 4.78 is 15.9. The highest BCUT2D eigenvalue weighted by atomic mass is 16.7. The van der Waals surface area contributed by atoms with Crippen LogP contribution in [0.3, 0.4) is 0 Å². The predicted molar refractivity (Wildman–Crippen MR) is 90.7 cm³/mol. The van der Waals surface area contributed by atoms with E-state index in [1.807, 2.05) is 6.92 Å². The molecule has 2 N–H and O–H groups in total. The first-order chi connectivity index (χ1) is 12.2. The number of anilines is 1. The van der Waals surface area contributed by atoms with E-state index in [9.17, 15) is 9.59 Å². The van der Waals surface area contributed by atoms with Crippen LogP contribution in [0.1, 0.15) is 12.5 Å². The summed E-state index contributed by atoms with van der Waals surface area (Å²) in [5.41, 5.74) is 1.26. The zero-order valence-corrected chi connectivity index (χ0v) is 13.7. The molecule has 2 amide bonds. The van der Waals surface area contributed by atoms with E-state index in [2.05, 4.69) is 10.6 Å². The topological polar surface area (TPSA) is 85.9 Å². The van der Waals surface area contributed by atoms with Gasteiger partial charge in [-0.05, 0) is 36.8 Å². The molecule has 0 aliphatic carbocycles. The van der Waals surface area contributed by atoms with Gasteiger partial charge in [0, 0.05) is 6.54 Å². The molecule has 2 aromatic carbocycles. The van der Waals surface area contributed by atoms with Gasteiger partial charge in [0.1, 0.15) is 5.75 Å². The summed E-state index contributed by atoms with van der Waals surface area (Å²) in [6.07, 6.45) is 0. The first-order valence-corrected chi connectivity index (χ1v) is 7.87. The van der Waals surface area contributed by atoms with Gasteiger partial charge in [-0.2, -0.15) is 0 Å². The summed E-state index contributed by atoms with van der Waals surface area (Å²) in [6, 6.07) is 12.3. The normalized spacial score (nSPS) is 11.7. The van der Waals surface area contributed by atoms with E-state index in [1.165, 1.54) is 0 Å². The van der Waals surface area contributed by atoms with Gasteiger partial charge in [-0.15, -0.1) is 0 Å². The highest BCUT2D eigenvalue weighted by molar-refractivity contribution is 6.39. The molecule has 7 heteroatoms. The first kappa shape index (κ1) is 16.6. The number of benzene rings is 2. The zero-order valence-electron chi connectivity index (χ0n) is 13.7. The molecule has 0 saturated heterocycles. The Kier molecular flexibility index (Phi) is 5.03. The van der Waals surface area contributed by atoms with Crippen molar-refractivity contribution in [1.29, 1.82) is 0 Å². The highest BCUT2D eigenvalue weighted by Crippen LogP contribution is 2.32. The number of fused-ring (bicyclic) bond motifs is 1. The lowest BCUT2D eigenvalue weighted by atomic mass is 10.2. The molecule has 1 aliphatic heterocycles. The van der Waals surface area contributed by atoms with E-state index in [0.29, 0.717) is 29.5 Å². The summed E-state index contributed by atoms with van der Waals surface area (Å²) >= 11 is 0. The average Bonchev–Trinajstić information content (AvgIpc) is 3.09. The van der Waals surface area contributed by atoms with Gasteiger partial charge in [0.25, 0.3) is 0 Å². The summed E-state index contributed by atoms with van der Waals surface area (Å²) in [5, 5.41) is 5.13. The molecule has 25 heavy (non-hydrogen) atoms. The molecule has 2 aromatic rings. The van der Waals surface area contributed by atoms with Crippen LogP contribution in [0.5, 0.6) is 17.2 Å². The van der Waals surface area contributed by atoms with Crippen LogP contribution in [-0.2, 0) is 16.1 Å². The van der Waals surface area contributed by atoms with Gasteiger partial charge >= 0.3 is 11.8 Å². The smallest absolute Gasteiger partial charge is 0.313 e. The number of para-hydroxylation sites is 2. The lowest BCUT2D eigenvalue weighted by Crippen LogP contribution is -2.35. The van der Waals surface area contributed by atoms with Gasteiger partial charge in [-0.1, -0.05) is 18.2 Å². The Labute approximate surface area is 144 Å². The third-order valence-electron chi connectivity index (χ3n) is 3.53. The van der Waals surface area contributed by atoms with E-state index < -0.39 is 11.8 Å². The molecule has 0 bridgehead atoms. The van der Waals surface area contributed by atoms with E-state index in [1.54, 1.807) is 42.5 Å². The van der Waals surface area contributed by atoms with Crippen molar-refractivity contribution in [2.24, 2.45) is 0 Å². The molecule has 0 atom stereocenters. The lowest BCUT2D eigenvalue weighted by molar-refractivity contribution is -0.136. The summed E-state index contributed by atoms with van der Waals surface area (Å²) in [6.45, 7) is 2.70. The molecule has 0 radical (unpaired) electrons. The number of amides is 2. The molecule has 0 spiro atoms. The number of carbonyl (C=O) groups is 2. The Morgan fingerprint density at radius 1 is 1.08 bits per heavy atom. The molecule has 1 aliphatic rings. The third kappa shape index (κ3) is 4.00. The maximum absolute atomic E-state index is 12.1. The number of nitrogens with one attached hydrogen (secondary N) is 2. The van der Waals surface area contributed by atoms with E-state index in [0.717, 1.165) is 5.56 Å². The molecule has 130 valence electrons. The largest absolute Gasteiger partial charge is 0.492 e. The maximum Gasteiger partial charge on any atom is 0.313 e. The number of rotatable bonds is 5. The van der Waals surface area contributed by atoms with Crippen molar-refractivity contribution in [1.82, 2.24) is 5.32 Å². The molecule has 1 heterocycles. The molecule has 3 rings (SSSR count). The Bertz CT molecular complexity index is 791. The van der Waals surface area contributed by atoms with Gasteiger partial charge in [-0.25, -0.2) is 0 Å². The van der Waals surface area contributed by atoms with Crippen molar-refractivity contribution in [2.45, 2.75) is 13.5 Å².